The molecule has 3 heteroatoms. The van der Waals surface area contributed by atoms with E-state index in [-0.39, 0.29) is 0 Å². The smallest absolute Gasteiger partial charge is 0.0128 e. The van der Waals surface area contributed by atoms with E-state index in [1.165, 1.54) is 45.6 Å². The van der Waals surface area contributed by atoms with Crippen LogP contribution in [0.25, 0.3) is 0 Å². The standard InChI is InChI=1S/C17H37N3/c1-7-9-18-16(17(4,5)6)8-10-19-11-13-20(14-12-19)15(2)3/h15-16,18H,7-14H2,1-6H3. The third-order valence-electron chi connectivity index (χ3n) is 4.56. The molecule has 20 heavy (non-hydrogen) atoms. The van der Waals surface area contributed by atoms with Crippen molar-refractivity contribution in [1.29, 1.82) is 0 Å². The predicted octanol–water partition coefficient (Wildman–Crippen LogP) is 2.82. The van der Waals surface area contributed by atoms with Gasteiger partial charge in [-0.25, -0.2) is 0 Å². The van der Waals surface area contributed by atoms with Gasteiger partial charge in [0.25, 0.3) is 0 Å². The molecule has 0 saturated carbocycles. The van der Waals surface area contributed by atoms with Crippen molar-refractivity contribution in [2.45, 2.75) is 66.5 Å². The lowest BCUT2D eigenvalue weighted by Crippen LogP contribution is -2.50. The molecule has 1 aliphatic rings. The van der Waals surface area contributed by atoms with E-state index in [4.69, 9.17) is 0 Å². The van der Waals surface area contributed by atoms with Gasteiger partial charge in [-0.2, -0.15) is 0 Å². The second kappa shape index (κ2) is 8.35. The Bertz CT molecular complexity index is 249. The first-order chi connectivity index (χ1) is 9.34. The molecule has 1 saturated heterocycles. The molecule has 1 rings (SSSR count). The maximum atomic E-state index is 3.74. The molecular formula is C17H37N3. The number of piperazine rings is 1. The Morgan fingerprint density at radius 1 is 1.05 bits per heavy atom. The van der Waals surface area contributed by atoms with Crippen LogP contribution in [0.2, 0.25) is 0 Å². The van der Waals surface area contributed by atoms with Crippen molar-refractivity contribution in [3.8, 4) is 0 Å². The zero-order valence-corrected chi connectivity index (χ0v) is 14.7. The molecule has 1 heterocycles. The van der Waals surface area contributed by atoms with Crippen LogP contribution in [0.4, 0.5) is 0 Å². The number of nitrogens with one attached hydrogen (secondary N) is 1. The van der Waals surface area contributed by atoms with Gasteiger partial charge in [-0.05, 0) is 45.2 Å². The highest BCUT2D eigenvalue weighted by molar-refractivity contribution is 4.83. The van der Waals surface area contributed by atoms with Gasteiger partial charge in [0.15, 0.2) is 0 Å². The third-order valence-corrected chi connectivity index (χ3v) is 4.56. The molecule has 1 aliphatic heterocycles. The summed E-state index contributed by atoms with van der Waals surface area (Å²) in [6.07, 6.45) is 2.49. The van der Waals surface area contributed by atoms with Crippen LogP contribution in [0.15, 0.2) is 0 Å². The fourth-order valence-corrected chi connectivity index (χ4v) is 2.97. The van der Waals surface area contributed by atoms with Gasteiger partial charge >= 0.3 is 0 Å². The minimum Gasteiger partial charge on any atom is -0.313 e. The molecule has 1 N–H and O–H groups in total. The summed E-state index contributed by atoms with van der Waals surface area (Å²) in [6, 6.07) is 1.33. The molecule has 1 fully saturated rings. The average Bonchev–Trinajstić information content (AvgIpc) is 2.37. The van der Waals surface area contributed by atoms with E-state index in [1.807, 2.05) is 0 Å². The Balaban J connectivity index is 2.33. The van der Waals surface area contributed by atoms with Crippen molar-refractivity contribution in [3.63, 3.8) is 0 Å². The second-order valence-electron chi connectivity index (χ2n) is 7.63. The second-order valence-corrected chi connectivity index (χ2v) is 7.63. The Hall–Kier alpha value is -0.120. The summed E-state index contributed by atoms with van der Waals surface area (Å²) < 4.78 is 0. The summed E-state index contributed by atoms with van der Waals surface area (Å²) in [7, 11) is 0. The summed E-state index contributed by atoms with van der Waals surface area (Å²) >= 11 is 0. The SMILES string of the molecule is CCCNC(CCN1CCN(C(C)C)CC1)C(C)(C)C. The summed E-state index contributed by atoms with van der Waals surface area (Å²) in [4.78, 5) is 5.23. The maximum absolute atomic E-state index is 3.74. The van der Waals surface area contributed by atoms with Gasteiger partial charge in [-0.3, -0.25) is 4.90 Å². The molecule has 1 unspecified atom stereocenters. The van der Waals surface area contributed by atoms with Crippen molar-refractivity contribution in [2.24, 2.45) is 5.41 Å². The lowest BCUT2D eigenvalue weighted by Gasteiger charge is -2.39. The van der Waals surface area contributed by atoms with Crippen molar-refractivity contribution in [3.05, 3.63) is 0 Å². The molecule has 0 aromatic rings. The summed E-state index contributed by atoms with van der Waals surface area (Å²) in [5, 5.41) is 3.74. The van der Waals surface area contributed by atoms with Gasteiger partial charge in [0.1, 0.15) is 0 Å². The molecule has 120 valence electrons. The molecule has 1 atom stereocenters. The minimum atomic E-state index is 0.356. The van der Waals surface area contributed by atoms with Crippen LogP contribution in [0.1, 0.15) is 54.4 Å². The Labute approximate surface area is 127 Å². The van der Waals surface area contributed by atoms with Crippen molar-refractivity contribution < 1.29 is 0 Å². The fraction of sp³-hybridized carbons (Fsp3) is 1.00. The van der Waals surface area contributed by atoms with Gasteiger partial charge in [-0.1, -0.05) is 27.7 Å². The number of hydrogen-bond acceptors (Lipinski definition) is 3. The van der Waals surface area contributed by atoms with Gasteiger partial charge in [0.2, 0.25) is 0 Å². The molecule has 0 aromatic heterocycles. The third kappa shape index (κ3) is 6.11. The van der Waals surface area contributed by atoms with Crippen molar-refractivity contribution >= 4 is 0 Å². The number of rotatable bonds is 7. The molecule has 0 bridgehead atoms. The zero-order valence-electron chi connectivity index (χ0n) is 14.7. The first-order valence-electron chi connectivity index (χ1n) is 8.54. The Morgan fingerprint density at radius 3 is 2.10 bits per heavy atom. The van der Waals surface area contributed by atoms with E-state index in [0.29, 0.717) is 17.5 Å². The molecule has 0 aliphatic carbocycles. The highest BCUT2D eigenvalue weighted by Gasteiger charge is 2.25. The monoisotopic (exact) mass is 283 g/mol. The zero-order chi connectivity index (χ0) is 15.2. The quantitative estimate of drug-likeness (QED) is 0.775. The molecule has 0 radical (unpaired) electrons. The van der Waals surface area contributed by atoms with Crippen molar-refractivity contribution in [1.82, 2.24) is 15.1 Å². The van der Waals surface area contributed by atoms with Crippen LogP contribution < -0.4 is 5.32 Å². The molecule has 0 amide bonds. The van der Waals surface area contributed by atoms with Crippen LogP contribution in [-0.2, 0) is 0 Å². The van der Waals surface area contributed by atoms with Gasteiger partial charge in [0, 0.05) is 38.3 Å². The van der Waals surface area contributed by atoms with E-state index in [0.717, 1.165) is 6.54 Å². The van der Waals surface area contributed by atoms with Crippen LogP contribution in [-0.4, -0.2) is 61.2 Å². The lowest BCUT2D eigenvalue weighted by molar-refractivity contribution is 0.100. The largest absolute Gasteiger partial charge is 0.313 e. The number of hydrogen-bond donors (Lipinski definition) is 1. The van der Waals surface area contributed by atoms with E-state index in [9.17, 15) is 0 Å². The van der Waals surface area contributed by atoms with E-state index < -0.39 is 0 Å². The first kappa shape index (κ1) is 17.9. The maximum Gasteiger partial charge on any atom is 0.0128 e. The highest BCUT2D eigenvalue weighted by Crippen LogP contribution is 2.22. The summed E-state index contributed by atoms with van der Waals surface area (Å²) in [5.41, 5.74) is 0.356. The fourth-order valence-electron chi connectivity index (χ4n) is 2.97. The molecule has 3 nitrogen and oxygen atoms in total. The topological polar surface area (TPSA) is 18.5 Å². The van der Waals surface area contributed by atoms with E-state index in [1.54, 1.807) is 0 Å². The van der Waals surface area contributed by atoms with Crippen molar-refractivity contribution in [2.75, 3.05) is 39.3 Å². The Morgan fingerprint density at radius 2 is 1.65 bits per heavy atom. The molecule has 0 aromatic carbocycles. The normalized spacial score (nSPS) is 20.6. The summed E-state index contributed by atoms with van der Waals surface area (Å²) in [6.45, 7) is 21.3. The Kier molecular flexibility index (Phi) is 7.49. The lowest BCUT2D eigenvalue weighted by atomic mass is 9.84. The van der Waals surface area contributed by atoms with Crippen LogP contribution in [0.5, 0.6) is 0 Å². The first-order valence-corrected chi connectivity index (χ1v) is 8.54. The van der Waals surface area contributed by atoms with Crippen LogP contribution >= 0.6 is 0 Å². The highest BCUT2D eigenvalue weighted by atomic mass is 15.3. The number of nitrogens with zero attached hydrogens (tertiary/aromatic N) is 2. The van der Waals surface area contributed by atoms with E-state index >= 15 is 0 Å². The molecule has 0 spiro atoms. The summed E-state index contributed by atoms with van der Waals surface area (Å²) in [5.74, 6) is 0. The van der Waals surface area contributed by atoms with Gasteiger partial charge < -0.3 is 10.2 Å². The average molecular weight is 284 g/mol. The predicted molar refractivity (Wildman–Crippen MR) is 89.3 cm³/mol. The van der Waals surface area contributed by atoms with Gasteiger partial charge in [0.05, 0.1) is 0 Å². The minimum absolute atomic E-state index is 0.356. The van der Waals surface area contributed by atoms with E-state index in [2.05, 4.69) is 56.7 Å². The van der Waals surface area contributed by atoms with Gasteiger partial charge in [-0.15, -0.1) is 0 Å². The van der Waals surface area contributed by atoms with Crippen LogP contribution in [0, 0.1) is 5.41 Å². The molecular weight excluding hydrogens is 246 g/mol. The van der Waals surface area contributed by atoms with Crippen LogP contribution in [0.3, 0.4) is 0 Å².